The molecule has 0 aliphatic heterocycles. The zero-order valence-electron chi connectivity index (χ0n) is 11.1. The Morgan fingerprint density at radius 3 is 2.44 bits per heavy atom. The van der Waals surface area contributed by atoms with Gasteiger partial charge in [0.2, 0.25) is 0 Å². The van der Waals surface area contributed by atoms with Gasteiger partial charge in [-0.2, -0.15) is 11.3 Å². The maximum Gasteiger partial charge on any atom is 0.125 e. The molecule has 2 aromatic rings. The zero-order chi connectivity index (χ0) is 13.0. The summed E-state index contributed by atoms with van der Waals surface area (Å²) in [6.07, 6.45) is 0. The Bertz CT molecular complexity index is 482. The minimum absolute atomic E-state index is 0.649. The molecule has 0 aliphatic rings. The molecular weight excluding hydrogens is 242 g/mol. The van der Waals surface area contributed by atoms with E-state index in [1.807, 2.05) is 7.05 Å². The van der Waals surface area contributed by atoms with E-state index < -0.39 is 0 Å². The molecule has 1 aromatic heterocycles. The van der Waals surface area contributed by atoms with Gasteiger partial charge in [-0.1, -0.05) is 12.1 Å². The van der Waals surface area contributed by atoms with Gasteiger partial charge in [0, 0.05) is 6.54 Å². The monoisotopic (exact) mass is 261 g/mol. The van der Waals surface area contributed by atoms with E-state index in [2.05, 4.69) is 48.1 Å². The quantitative estimate of drug-likeness (QED) is 0.887. The fourth-order valence-corrected chi connectivity index (χ4v) is 2.76. The average Bonchev–Trinajstić information content (AvgIpc) is 2.81. The highest BCUT2D eigenvalue weighted by molar-refractivity contribution is 7.07. The minimum atomic E-state index is 0.649. The first-order chi connectivity index (χ1) is 8.70. The molecule has 0 saturated heterocycles. The van der Waals surface area contributed by atoms with Crippen LogP contribution in [0.25, 0.3) is 0 Å². The summed E-state index contributed by atoms with van der Waals surface area (Å²) in [7, 11) is 1.96. The molecule has 96 valence electrons. The van der Waals surface area contributed by atoms with E-state index in [4.69, 9.17) is 4.74 Å². The van der Waals surface area contributed by atoms with Crippen molar-refractivity contribution in [1.82, 2.24) is 5.32 Å². The maximum absolute atomic E-state index is 5.93. The zero-order valence-corrected chi connectivity index (χ0v) is 11.9. The number of benzene rings is 1. The van der Waals surface area contributed by atoms with Gasteiger partial charge in [-0.25, -0.2) is 0 Å². The van der Waals surface area contributed by atoms with Crippen LogP contribution in [-0.2, 0) is 13.2 Å². The van der Waals surface area contributed by atoms with Crippen LogP contribution in [0.1, 0.15) is 22.3 Å². The molecule has 0 spiro atoms. The normalized spacial score (nSPS) is 10.6. The van der Waals surface area contributed by atoms with E-state index >= 15 is 0 Å². The van der Waals surface area contributed by atoms with Crippen LogP contribution in [0.5, 0.6) is 5.75 Å². The second-order valence-electron chi connectivity index (χ2n) is 4.51. The summed E-state index contributed by atoms with van der Waals surface area (Å²) in [6.45, 7) is 5.76. The van der Waals surface area contributed by atoms with Crippen molar-refractivity contribution >= 4 is 11.3 Å². The Labute approximate surface area is 113 Å². The molecule has 1 N–H and O–H groups in total. The number of thiophene rings is 1. The van der Waals surface area contributed by atoms with Crippen LogP contribution in [0, 0.1) is 13.8 Å². The van der Waals surface area contributed by atoms with Crippen molar-refractivity contribution in [2.24, 2.45) is 0 Å². The first-order valence-electron chi connectivity index (χ1n) is 6.09. The number of rotatable bonds is 5. The van der Waals surface area contributed by atoms with Crippen LogP contribution in [0.4, 0.5) is 0 Å². The lowest BCUT2D eigenvalue weighted by atomic mass is 10.1. The van der Waals surface area contributed by atoms with E-state index in [9.17, 15) is 0 Å². The third-order valence-corrected chi connectivity index (χ3v) is 3.60. The van der Waals surface area contributed by atoms with Crippen molar-refractivity contribution in [1.29, 1.82) is 0 Å². The Balaban J connectivity index is 2.12. The highest BCUT2D eigenvalue weighted by Crippen LogP contribution is 2.26. The molecule has 0 bridgehead atoms. The first-order valence-corrected chi connectivity index (χ1v) is 7.03. The van der Waals surface area contributed by atoms with Crippen LogP contribution >= 0.6 is 11.3 Å². The molecule has 1 aromatic carbocycles. The number of aryl methyl sites for hydroxylation is 2. The molecule has 0 fully saturated rings. The number of nitrogens with one attached hydrogen (secondary N) is 1. The molecule has 0 radical (unpaired) electrons. The second kappa shape index (κ2) is 6.03. The van der Waals surface area contributed by atoms with Crippen LogP contribution < -0.4 is 10.1 Å². The number of hydrogen-bond acceptors (Lipinski definition) is 3. The molecule has 3 heteroatoms. The predicted octanol–water partition coefficient (Wildman–Crippen LogP) is 3.66. The van der Waals surface area contributed by atoms with Gasteiger partial charge in [-0.15, -0.1) is 0 Å². The SMILES string of the molecule is CNCc1cc(C)c(OCc2ccsc2)c(C)c1. The van der Waals surface area contributed by atoms with Gasteiger partial charge < -0.3 is 10.1 Å². The standard InChI is InChI=1S/C15H19NOS/c1-11-6-14(8-16-3)7-12(2)15(11)17-9-13-4-5-18-10-13/h4-7,10,16H,8-9H2,1-3H3. The summed E-state index contributed by atoms with van der Waals surface area (Å²) in [5.41, 5.74) is 4.94. The van der Waals surface area contributed by atoms with Gasteiger partial charge in [0.15, 0.2) is 0 Å². The van der Waals surface area contributed by atoms with E-state index in [-0.39, 0.29) is 0 Å². The molecule has 0 aliphatic carbocycles. The van der Waals surface area contributed by atoms with Crippen molar-refractivity contribution in [2.45, 2.75) is 27.0 Å². The number of ether oxygens (including phenoxy) is 1. The van der Waals surface area contributed by atoms with Gasteiger partial charge in [-0.3, -0.25) is 0 Å². The van der Waals surface area contributed by atoms with Crippen molar-refractivity contribution in [2.75, 3.05) is 7.05 Å². The summed E-state index contributed by atoms with van der Waals surface area (Å²) in [6, 6.07) is 6.48. The van der Waals surface area contributed by atoms with Crippen LogP contribution in [0.3, 0.4) is 0 Å². The van der Waals surface area contributed by atoms with Crippen molar-refractivity contribution in [3.05, 3.63) is 51.2 Å². The summed E-state index contributed by atoms with van der Waals surface area (Å²) in [4.78, 5) is 0. The fourth-order valence-electron chi connectivity index (χ4n) is 2.10. The largest absolute Gasteiger partial charge is 0.488 e. The highest BCUT2D eigenvalue weighted by Gasteiger charge is 2.06. The smallest absolute Gasteiger partial charge is 0.125 e. The molecule has 0 unspecified atom stereocenters. The van der Waals surface area contributed by atoms with Gasteiger partial charge in [0.1, 0.15) is 12.4 Å². The third kappa shape index (κ3) is 3.12. The van der Waals surface area contributed by atoms with Gasteiger partial charge in [-0.05, 0) is 60.0 Å². The van der Waals surface area contributed by atoms with Gasteiger partial charge in [0.25, 0.3) is 0 Å². The first kappa shape index (κ1) is 13.1. The van der Waals surface area contributed by atoms with E-state index in [1.165, 1.54) is 22.3 Å². The molecule has 0 atom stereocenters. The summed E-state index contributed by atoms with van der Waals surface area (Å²) < 4.78 is 5.93. The predicted molar refractivity (Wildman–Crippen MR) is 77.3 cm³/mol. The Kier molecular flexibility index (Phi) is 4.39. The molecule has 18 heavy (non-hydrogen) atoms. The van der Waals surface area contributed by atoms with Crippen molar-refractivity contribution in [3.8, 4) is 5.75 Å². The molecule has 2 nitrogen and oxygen atoms in total. The molecule has 1 heterocycles. The van der Waals surface area contributed by atoms with Crippen LogP contribution in [-0.4, -0.2) is 7.05 Å². The van der Waals surface area contributed by atoms with Gasteiger partial charge in [0.05, 0.1) is 0 Å². The highest BCUT2D eigenvalue weighted by atomic mass is 32.1. The topological polar surface area (TPSA) is 21.3 Å². The lowest BCUT2D eigenvalue weighted by Crippen LogP contribution is -2.06. The minimum Gasteiger partial charge on any atom is -0.488 e. The lowest BCUT2D eigenvalue weighted by molar-refractivity contribution is 0.302. The summed E-state index contributed by atoms with van der Waals surface area (Å²) in [5, 5.41) is 7.38. The van der Waals surface area contributed by atoms with E-state index in [0.29, 0.717) is 6.61 Å². The molecule has 2 rings (SSSR count). The van der Waals surface area contributed by atoms with Crippen LogP contribution in [0.15, 0.2) is 29.0 Å². The lowest BCUT2D eigenvalue weighted by Gasteiger charge is -2.13. The third-order valence-electron chi connectivity index (χ3n) is 2.86. The fraction of sp³-hybridized carbons (Fsp3) is 0.333. The Hall–Kier alpha value is -1.32. The van der Waals surface area contributed by atoms with Crippen LogP contribution in [0.2, 0.25) is 0 Å². The Morgan fingerprint density at radius 2 is 1.89 bits per heavy atom. The van der Waals surface area contributed by atoms with Gasteiger partial charge >= 0.3 is 0 Å². The number of hydrogen-bond donors (Lipinski definition) is 1. The molecule has 0 saturated carbocycles. The maximum atomic E-state index is 5.93. The summed E-state index contributed by atoms with van der Waals surface area (Å²) in [5.74, 6) is 1.01. The van der Waals surface area contributed by atoms with Crippen molar-refractivity contribution in [3.63, 3.8) is 0 Å². The molecular formula is C15H19NOS. The Morgan fingerprint density at radius 1 is 1.17 bits per heavy atom. The summed E-state index contributed by atoms with van der Waals surface area (Å²) >= 11 is 1.70. The van der Waals surface area contributed by atoms with E-state index in [1.54, 1.807) is 11.3 Å². The average molecular weight is 261 g/mol. The van der Waals surface area contributed by atoms with Crippen molar-refractivity contribution < 1.29 is 4.74 Å². The molecule has 0 amide bonds. The second-order valence-corrected chi connectivity index (χ2v) is 5.29. The van der Waals surface area contributed by atoms with E-state index in [0.717, 1.165) is 12.3 Å².